The minimum atomic E-state index is -0.511. The standard InChI is InChI=1S/C18H23N3O2/c1-3-18(4-2,13-19)17(22)21-14-8-10-15(11-9-14)23-16-7-5-6-12-20-16/h5-12H,3-4,13,19H2,1-2H3,(H,21,22). The highest BCUT2D eigenvalue weighted by molar-refractivity contribution is 5.95. The van der Waals surface area contributed by atoms with Crippen LogP contribution in [0.4, 0.5) is 5.69 Å². The molecule has 0 aliphatic rings. The minimum Gasteiger partial charge on any atom is -0.439 e. The second kappa shape index (κ2) is 7.74. The van der Waals surface area contributed by atoms with Gasteiger partial charge in [-0.2, -0.15) is 0 Å². The second-order valence-corrected chi connectivity index (χ2v) is 5.44. The van der Waals surface area contributed by atoms with Crippen LogP contribution in [0, 0.1) is 5.41 Å². The third-order valence-electron chi connectivity index (χ3n) is 4.20. The normalized spacial score (nSPS) is 11.1. The summed E-state index contributed by atoms with van der Waals surface area (Å²) < 4.78 is 5.63. The fourth-order valence-electron chi connectivity index (χ4n) is 2.35. The van der Waals surface area contributed by atoms with Crippen molar-refractivity contribution in [1.82, 2.24) is 4.98 Å². The number of nitrogens with zero attached hydrogens (tertiary/aromatic N) is 1. The Morgan fingerprint density at radius 1 is 1.17 bits per heavy atom. The number of aromatic nitrogens is 1. The summed E-state index contributed by atoms with van der Waals surface area (Å²) in [4.78, 5) is 16.6. The van der Waals surface area contributed by atoms with Crippen LogP contribution in [0.15, 0.2) is 48.7 Å². The van der Waals surface area contributed by atoms with Gasteiger partial charge in [-0.05, 0) is 43.2 Å². The summed E-state index contributed by atoms with van der Waals surface area (Å²) in [6.07, 6.45) is 3.10. The Hall–Kier alpha value is -2.40. The van der Waals surface area contributed by atoms with E-state index in [1.54, 1.807) is 24.4 Å². The number of rotatable bonds is 7. The first-order chi connectivity index (χ1) is 11.1. The highest BCUT2D eigenvalue weighted by Crippen LogP contribution is 2.28. The fraction of sp³-hybridized carbons (Fsp3) is 0.333. The van der Waals surface area contributed by atoms with Crippen molar-refractivity contribution in [3.05, 3.63) is 48.7 Å². The van der Waals surface area contributed by atoms with Gasteiger partial charge in [0.1, 0.15) is 5.75 Å². The largest absolute Gasteiger partial charge is 0.439 e. The molecule has 0 unspecified atom stereocenters. The number of ether oxygens (including phenoxy) is 1. The number of pyridine rings is 1. The van der Waals surface area contributed by atoms with Crippen molar-refractivity contribution in [1.29, 1.82) is 0 Å². The minimum absolute atomic E-state index is 0.0385. The lowest BCUT2D eigenvalue weighted by Crippen LogP contribution is -2.41. The van der Waals surface area contributed by atoms with Gasteiger partial charge in [0.05, 0.1) is 5.41 Å². The number of carbonyl (C=O) groups is 1. The van der Waals surface area contributed by atoms with Crippen molar-refractivity contribution in [3.8, 4) is 11.6 Å². The molecule has 5 nitrogen and oxygen atoms in total. The maximum atomic E-state index is 12.5. The summed E-state index contributed by atoms with van der Waals surface area (Å²) in [6.45, 7) is 4.31. The Bertz CT molecular complexity index is 614. The Labute approximate surface area is 136 Å². The van der Waals surface area contributed by atoms with Crippen LogP contribution in [0.1, 0.15) is 26.7 Å². The quantitative estimate of drug-likeness (QED) is 0.819. The molecule has 0 saturated heterocycles. The van der Waals surface area contributed by atoms with Crippen LogP contribution in [-0.4, -0.2) is 17.4 Å². The highest BCUT2D eigenvalue weighted by atomic mass is 16.5. The number of benzene rings is 1. The molecule has 0 aliphatic carbocycles. The van der Waals surface area contributed by atoms with Gasteiger partial charge in [0.2, 0.25) is 11.8 Å². The molecule has 0 radical (unpaired) electrons. The topological polar surface area (TPSA) is 77.2 Å². The van der Waals surface area contributed by atoms with Gasteiger partial charge < -0.3 is 15.8 Å². The number of nitrogens with one attached hydrogen (secondary N) is 1. The third kappa shape index (κ3) is 4.07. The summed E-state index contributed by atoms with van der Waals surface area (Å²) in [5.41, 5.74) is 6.02. The average molecular weight is 313 g/mol. The average Bonchev–Trinajstić information content (AvgIpc) is 2.60. The summed E-state index contributed by atoms with van der Waals surface area (Å²) >= 11 is 0. The maximum absolute atomic E-state index is 12.5. The van der Waals surface area contributed by atoms with Crippen molar-refractivity contribution >= 4 is 11.6 Å². The monoisotopic (exact) mass is 313 g/mol. The summed E-state index contributed by atoms with van der Waals surface area (Å²) in [5.74, 6) is 1.16. The van der Waals surface area contributed by atoms with Gasteiger partial charge in [-0.3, -0.25) is 4.79 Å². The first kappa shape index (κ1) is 17.0. The summed E-state index contributed by atoms with van der Waals surface area (Å²) in [6, 6.07) is 12.7. The number of nitrogens with two attached hydrogens (primary N) is 1. The van der Waals surface area contributed by atoms with Gasteiger partial charge in [-0.25, -0.2) is 4.98 Å². The number of amides is 1. The molecule has 1 aromatic carbocycles. The molecular formula is C18H23N3O2. The zero-order chi connectivity index (χ0) is 16.7. The van der Waals surface area contributed by atoms with E-state index in [2.05, 4.69) is 10.3 Å². The number of hydrogen-bond donors (Lipinski definition) is 2. The Morgan fingerprint density at radius 3 is 2.39 bits per heavy atom. The molecule has 2 rings (SSSR count). The van der Waals surface area contributed by atoms with E-state index >= 15 is 0 Å². The van der Waals surface area contributed by atoms with Gasteiger partial charge in [0.15, 0.2) is 0 Å². The predicted octanol–water partition coefficient (Wildman–Crippen LogP) is 3.58. The molecule has 0 atom stereocenters. The van der Waals surface area contributed by atoms with Crippen molar-refractivity contribution in [2.24, 2.45) is 11.1 Å². The van der Waals surface area contributed by atoms with Gasteiger partial charge in [0.25, 0.3) is 0 Å². The van der Waals surface area contributed by atoms with E-state index in [1.165, 1.54) is 0 Å². The maximum Gasteiger partial charge on any atom is 0.231 e. The van der Waals surface area contributed by atoms with Crippen LogP contribution < -0.4 is 15.8 Å². The van der Waals surface area contributed by atoms with Crippen molar-refractivity contribution in [2.45, 2.75) is 26.7 Å². The van der Waals surface area contributed by atoms with E-state index in [0.717, 1.165) is 5.69 Å². The lowest BCUT2D eigenvalue weighted by molar-refractivity contribution is -0.125. The number of anilines is 1. The van der Waals surface area contributed by atoms with E-state index in [0.29, 0.717) is 31.0 Å². The second-order valence-electron chi connectivity index (χ2n) is 5.44. The van der Waals surface area contributed by atoms with Crippen LogP contribution in [0.25, 0.3) is 0 Å². The molecule has 0 bridgehead atoms. The van der Waals surface area contributed by atoms with Crippen molar-refractivity contribution < 1.29 is 9.53 Å². The van der Waals surface area contributed by atoms with E-state index in [4.69, 9.17) is 10.5 Å². The van der Waals surface area contributed by atoms with E-state index in [1.807, 2.05) is 38.1 Å². The molecule has 0 saturated carbocycles. The Balaban J connectivity index is 2.04. The summed E-state index contributed by atoms with van der Waals surface area (Å²) in [7, 11) is 0. The van der Waals surface area contributed by atoms with Crippen LogP contribution in [0.5, 0.6) is 11.6 Å². The number of hydrogen-bond acceptors (Lipinski definition) is 4. The number of carbonyl (C=O) groups excluding carboxylic acids is 1. The van der Waals surface area contributed by atoms with E-state index < -0.39 is 5.41 Å². The molecule has 1 amide bonds. The molecule has 23 heavy (non-hydrogen) atoms. The zero-order valence-corrected chi connectivity index (χ0v) is 13.6. The van der Waals surface area contributed by atoms with Crippen LogP contribution in [0.3, 0.4) is 0 Å². The van der Waals surface area contributed by atoms with Crippen LogP contribution in [-0.2, 0) is 4.79 Å². The highest BCUT2D eigenvalue weighted by Gasteiger charge is 2.33. The zero-order valence-electron chi connectivity index (χ0n) is 13.6. The fourth-order valence-corrected chi connectivity index (χ4v) is 2.35. The van der Waals surface area contributed by atoms with Gasteiger partial charge >= 0.3 is 0 Å². The molecule has 5 heteroatoms. The molecule has 1 aromatic heterocycles. The van der Waals surface area contributed by atoms with E-state index in [9.17, 15) is 4.79 Å². The molecule has 122 valence electrons. The SMILES string of the molecule is CCC(CC)(CN)C(=O)Nc1ccc(Oc2ccccn2)cc1. The molecule has 0 aliphatic heterocycles. The molecule has 0 fully saturated rings. The molecule has 2 aromatic rings. The van der Waals surface area contributed by atoms with Gasteiger partial charge in [-0.1, -0.05) is 19.9 Å². The van der Waals surface area contributed by atoms with Crippen molar-refractivity contribution in [3.63, 3.8) is 0 Å². The van der Waals surface area contributed by atoms with Crippen LogP contribution >= 0.6 is 0 Å². The summed E-state index contributed by atoms with van der Waals surface area (Å²) in [5, 5.41) is 2.94. The van der Waals surface area contributed by atoms with Gasteiger partial charge in [0, 0.05) is 24.5 Å². The Kier molecular flexibility index (Phi) is 5.71. The lowest BCUT2D eigenvalue weighted by atomic mass is 9.81. The predicted molar refractivity (Wildman–Crippen MR) is 91.5 cm³/mol. The first-order valence-electron chi connectivity index (χ1n) is 7.84. The molecular weight excluding hydrogens is 290 g/mol. The molecule has 0 spiro atoms. The third-order valence-corrected chi connectivity index (χ3v) is 4.20. The van der Waals surface area contributed by atoms with Crippen molar-refractivity contribution in [2.75, 3.05) is 11.9 Å². The lowest BCUT2D eigenvalue weighted by Gasteiger charge is -2.28. The van der Waals surface area contributed by atoms with Crippen LogP contribution in [0.2, 0.25) is 0 Å². The van der Waals surface area contributed by atoms with Gasteiger partial charge in [-0.15, -0.1) is 0 Å². The smallest absolute Gasteiger partial charge is 0.231 e. The molecule has 1 heterocycles. The van der Waals surface area contributed by atoms with E-state index in [-0.39, 0.29) is 5.91 Å². The Morgan fingerprint density at radius 2 is 1.87 bits per heavy atom. The molecule has 3 N–H and O–H groups in total. The first-order valence-corrected chi connectivity index (χ1v) is 7.84.